The molecule has 0 bridgehead atoms. The molecule has 8 nitrogen and oxygen atoms in total. The standard InChI is InChI=1S/C24H32ClN3O5S/c1-5-26-24(30)18(2)27(17-19-8-6-9-20(25)16-19)23(29)10-7-15-28(34(4,31)32)21-11-13-22(33-3)14-12-21/h6,8-9,11-14,16,18H,5,7,10,15,17H2,1-4H3,(H,26,30)/t18-/m0/s1. The molecule has 0 saturated carbocycles. The molecule has 186 valence electrons. The molecule has 34 heavy (non-hydrogen) atoms. The topological polar surface area (TPSA) is 96.0 Å². The fourth-order valence-electron chi connectivity index (χ4n) is 3.49. The van der Waals surface area contributed by atoms with Crippen LogP contribution < -0.4 is 14.4 Å². The Balaban J connectivity index is 2.14. The van der Waals surface area contributed by atoms with Crippen molar-refractivity contribution in [2.45, 2.75) is 39.3 Å². The lowest BCUT2D eigenvalue weighted by molar-refractivity contribution is -0.140. The monoisotopic (exact) mass is 509 g/mol. The highest BCUT2D eigenvalue weighted by atomic mass is 35.5. The second kappa shape index (κ2) is 12.6. The predicted molar refractivity (Wildman–Crippen MR) is 135 cm³/mol. The molecule has 0 aliphatic carbocycles. The maximum atomic E-state index is 13.2. The van der Waals surface area contributed by atoms with E-state index in [0.717, 1.165) is 11.8 Å². The Bertz CT molecular complexity index is 1080. The number of nitrogens with one attached hydrogen (secondary N) is 1. The summed E-state index contributed by atoms with van der Waals surface area (Å²) in [5.41, 5.74) is 1.29. The van der Waals surface area contributed by atoms with Gasteiger partial charge in [-0.3, -0.25) is 13.9 Å². The van der Waals surface area contributed by atoms with Crippen LogP contribution in [0.3, 0.4) is 0 Å². The van der Waals surface area contributed by atoms with E-state index in [-0.39, 0.29) is 37.7 Å². The van der Waals surface area contributed by atoms with Gasteiger partial charge in [0.05, 0.1) is 19.1 Å². The molecule has 0 aliphatic heterocycles. The van der Waals surface area contributed by atoms with E-state index in [0.29, 0.717) is 23.0 Å². The molecule has 0 fully saturated rings. The number of hydrogen-bond donors (Lipinski definition) is 1. The van der Waals surface area contributed by atoms with Crippen molar-refractivity contribution in [1.29, 1.82) is 0 Å². The van der Waals surface area contributed by atoms with E-state index < -0.39 is 16.1 Å². The Hall–Kier alpha value is -2.78. The number of anilines is 1. The highest BCUT2D eigenvalue weighted by molar-refractivity contribution is 7.92. The van der Waals surface area contributed by atoms with E-state index in [2.05, 4.69) is 5.32 Å². The van der Waals surface area contributed by atoms with Crippen molar-refractivity contribution in [3.8, 4) is 5.75 Å². The van der Waals surface area contributed by atoms with Crippen LogP contribution >= 0.6 is 11.6 Å². The number of rotatable bonds is 12. The number of hydrogen-bond acceptors (Lipinski definition) is 5. The Morgan fingerprint density at radius 1 is 1.15 bits per heavy atom. The summed E-state index contributed by atoms with van der Waals surface area (Å²) in [6.07, 6.45) is 1.49. The summed E-state index contributed by atoms with van der Waals surface area (Å²) in [6.45, 7) is 4.28. The van der Waals surface area contributed by atoms with Crippen LogP contribution in [0.15, 0.2) is 48.5 Å². The number of likely N-dealkylation sites (N-methyl/N-ethyl adjacent to an activating group) is 1. The Morgan fingerprint density at radius 2 is 1.82 bits per heavy atom. The molecular formula is C24H32ClN3O5S. The number of benzene rings is 2. The number of carbonyl (C=O) groups excluding carboxylic acids is 2. The van der Waals surface area contributed by atoms with E-state index in [9.17, 15) is 18.0 Å². The third kappa shape index (κ3) is 7.92. The van der Waals surface area contributed by atoms with Crippen LogP contribution in [0.25, 0.3) is 0 Å². The number of sulfonamides is 1. The number of carbonyl (C=O) groups is 2. The minimum Gasteiger partial charge on any atom is -0.497 e. The number of nitrogens with zero attached hydrogens (tertiary/aromatic N) is 2. The molecule has 0 spiro atoms. The SMILES string of the molecule is CCNC(=O)[C@H](C)N(Cc1cccc(Cl)c1)C(=O)CCCN(c1ccc(OC)cc1)S(C)(=O)=O. The third-order valence-electron chi connectivity index (χ3n) is 5.27. The molecule has 2 rings (SSSR count). The van der Waals surface area contributed by atoms with E-state index >= 15 is 0 Å². The molecule has 2 aromatic carbocycles. The molecule has 0 radical (unpaired) electrons. The highest BCUT2D eigenvalue weighted by Gasteiger charge is 2.26. The molecule has 10 heteroatoms. The first-order valence-electron chi connectivity index (χ1n) is 11.0. The fourth-order valence-corrected chi connectivity index (χ4v) is 4.67. The van der Waals surface area contributed by atoms with Crippen LogP contribution in [0.1, 0.15) is 32.3 Å². The molecule has 2 amide bonds. The van der Waals surface area contributed by atoms with Crippen LogP contribution in [0.5, 0.6) is 5.75 Å². The smallest absolute Gasteiger partial charge is 0.242 e. The van der Waals surface area contributed by atoms with Crippen molar-refractivity contribution in [3.05, 3.63) is 59.1 Å². The quantitative estimate of drug-likeness (QED) is 0.472. The van der Waals surface area contributed by atoms with E-state index in [4.69, 9.17) is 16.3 Å². The summed E-state index contributed by atoms with van der Waals surface area (Å²) in [6, 6.07) is 13.1. The molecule has 0 saturated heterocycles. The van der Waals surface area contributed by atoms with Gasteiger partial charge in [0, 0.05) is 31.1 Å². The highest BCUT2D eigenvalue weighted by Crippen LogP contribution is 2.22. The van der Waals surface area contributed by atoms with Crippen LogP contribution in [0.2, 0.25) is 5.02 Å². The summed E-state index contributed by atoms with van der Waals surface area (Å²) in [5.74, 6) is 0.110. The lowest BCUT2D eigenvalue weighted by Crippen LogP contribution is -2.47. The maximum absolute atomic E-state index is 13.2. The summed E-state index contributed by atoms with van der Waals surface area (Å²) >= 11 is 6.09. The normalized spacial score (nSPS) is 12.0. The van der Waals surface area contributed by atoms with Crippen LogP contribution in [0, 0.1) is 0 Å². The minimum absolute atomic E-state index is 0.0759. The van der Waals surface area contributed by atoms with E-state index in [1.165, 1.54) is 16.3 Å². The number of amides is 2. The second-order valence-electron chi connectivity index (χ2n) is 7.86. The van der Waals surface area contributed by atoms with Crippen molar-refractivity contribution in [2.24, 2.45) is 0 Å². The van der Waals surface area contributed by atoms with E-state index in [1.807, 2.05) is 13.0 Å². The van der Waals surface area contributed by atoms with Crippen molar-refractivity contribution in [3.63, 3.8) is 0 Å². The number of halogens is 1. The molecule has 1 atom stereocenters. The van der Waals surface area contributed by atoms with Gasteiger partial charge in [-0.1, -0.05) is 23.7 Å². The van der Waals surface area contributed by atoms with Gasteiger partial charge in [0.25, 0.3) is 0 Å². The molecule has 2 aromatic rings. The molecule has 1 N–H and O–H groups in total. The zero-order valence-electron chi connectivity index (χ0n) is 20.0. The lowest BCUT2D eigenvalue weighted by atomic mass is 10.1. The minimum atomic E-state index is -3.56. The summed E-state index contributed by atoms with van der Waals surface area (Å²) in [4.78, 5) is 27.1. The maximum Gasteiger partial charge on any atom is 0.242 e. The first-order valence-corrected chi connectivity index (χ1v) is 13.2. The Morgan fingerprint density at radius 3 is 2.38 bits per heavy atom. The molecule has 0 unspecified atom stereocenters. The largest absolute Gasteiger partial charge is 0.497 e. The number of ether oxygens (including phenoxy) is 1. The summed E-state index contributed by atoms with van der Waals surface area (Å²) < 4.78 is 31.1. The van der Waals surface area contributed by atoms with Crippen LogP contribution in [-0.4, -0.2) is 57.6 Å². The van der Waals surface area contributed by atoms with Crippen LogP contribution in [-0.2, 0) is 26.2 Å². The van der Waals surface area contributed by atoms with E-state index in [1.54, 1.807) is 49.4 Å². The zero-order valence-corrected chi connectivity index (χ0v) is 21.5. The molecular weight excluding hydrogens is 478 g/mol. The van der Waals surface area contributed by atoms with Gasteiger partial charge in [-0.2, -0.15) is 0 Å². The lowest BCUT2D eigenvalue weighted by Gasteiger charge is -2.29. The Kier molecular flexibility index (Phi) is 10.2. The summed E-state index contributed by atoms with van der Waals surface area (Å²) in [5, 5.41) is 3.29. The second-order valence-corrected chi connectivity index (χ2v) is 10.2. The first kappa shape index (κ1) is 27.5. The van der Waals surface area contributed by atoms with Crippen molar-refractivity contribution < 1.29 is 22.7 Å². The first-order chi connectivity index (χ1) is 16.1. The van der Waals surface area contributed by atoms with Gasteiger partial charge in [-0.05, 0) is 62.2 Å². The summed E-state index contributed by atoms with van der Waals surface area (Å²) in [7, 11) is -2.02. The fraction of sp³-hybridized carbons (Fsp3) is 0.417. The number of methoxy groups -OCH3 is 1. The van der Waals surface area contributed by atoms with Crippen molar-refractivity contribution in [2.75, 3.05) is 30.8 Å². The van der Waals surface area contributed by atoms with Crippen molar-refractivity contribution >= 4 is 39.1 Å². The molecule has 0 heterocycles. The average Bonchev–Trinajstić information content (AvgIpc) is 2.79. The van der Waals surface area contributed by atoms with Crippen molar-refractivity contribution in [1.82, 2.24) is 10.2 Å². The van der Waals surface area contributed by atoms with Gasteiger partial charge in [0.15, 0.2) is 0 Å². The van der Waals surface area contributed by atoms with Gasteiger partial charge >= 0.3 is 0 Å². The average molecular weight is 510 g/mol. The third-order valence-corrected chi connectivity index (χ3v) is 6.70. The van der Waals surface area contributed by atoms with Gasteiger partial charge < -0.3 is 15.0 Å². The van der Waals surface area contributed by atoms with Crippen LogP contribution in [0.4, 0.5) is 5.69 Å². The van der Waals surface area contributed by atoms with Gasteiger partial charge in [0.2, 0.25) is 21.8 Å². The predicted octanol–water partition coefficient (Wildman–Crippen LogP) is 3.45. The van der Waals surface area contributed by atoms with Gasteiger partial charge in [-0.25, -0.2) is 8.42 Å². The Labute approximate surface area is 206 Å². The zero-order chi connectivity index (χ0) is 25.3. The van der Waals surface area contributed by atoms with Gasteiger partial charge in [0.1, 0.15) is 11.8 Å². The molecule has 0 aliphatic rings. The molecule has 0 aromatic heterocycles. The van der Waals surface area contributed by atoms with Gasteiger partial charge in [-0.15, -0.1) is 0 Å².